The molecule has 4 heteroatoms. The molecule has 0 aliphatic rings. The first kappa shape index (κ1) is 11.9. The molecule has 1 heterocycles. The van der Waals surface area contributed by atoms with Crippen LogP contribution in [0.2, 0.25) is 0 Å². The van der Waals surface area contributed by atoms with E-state index in [1.807, 2.05) is 13.1 Å². The Labute approximate surface area is 91.5 Å². The number of anilines is 1. The molecule has 1 aromatic heterocycles. The second-order valence-corrected chi connectivity index (χ2v) is 4.97. The lowest BCUT2D eigenvalue weighted by Crippen LogP contribution is -2.30. The minimum atomic E-state index is 0.233. The van der Waals surface area contributed by atoms with E-state index in [4.69, 9.17) is 5.73 Å². The Kier molecular flexibility index (Phi) is 3.63. The van der Waals surface area contributed by atoms with Crippen LogP contribution in [0, 0.1) is 5.41 Å². The van der Waals surface area contributed by atoms with Crippen LogP contribution in [0.4, 0.5) is 5.95 Å². The van der Waals surface area contributed by atoms with Gasteiger partial charge in [-0.05, 0) is 11.5 Å². The Hall–Kier alpha value is -1.16. The lowest BCUT2D eigenvalue weighted by Gasteiger charge is -2.26. The fourth-order valence-electron chi connectivity index (χ4n) is 1.46. The van der Waals surface area contributed by atoms with Gasteiger partial charge in [0.05, 0.1) is 5.69 Å². The fraction of sp³-hybridized carbons (Fsp3) is 0.636. The van der Waals surface area contributed by atoms with Gasteiger partial charge in [-0.2, -0.15) is 0 Å². The van der Waals surface area contributed by atoms with Gasteiger partial charge in [0.1, 0.15) is 0 Å². The van der Waals surface area contributed by atoms with E-state index in [9.17, 15) is 0 Å². The molecule has 0 aromatic carbocycles. The highest BCUT2D eigenvalue weighted by molar-refractivity contribution is 5.29. The lowest BCUT2D eigenvalue weighted by molar-refractivity contribution is 0.416. The van der Waals surface area contributed by atoms with Crippen LogP contribution in [0.25, 0.3) is 0 Å². The third kappa shape index (κ3) is 3.83. The van der Waals surface area contributed by atoms with Gasteiger partial charge in [-0.1, -0.05) is 20.8 Å². The molecule has 0 bridgehead atoms. The van der Waals surface area contributed by atoms with Crippen molar-refractivity contribution in [2.45, 2.75) is 27.3 Å². The van der Waals surface area contributed by atoms with E-state index in [0.29, 0.717) is 6.54 Å². The molecule has 0 fully saturated rings. The van der Waals surface area contributed by atoms with Crippen LogP contribution >= 0.6 is 0 Å². The molecule has 0 spiro atoms. The van der Waals surface area contributed by atoms with Crippen LogP contribution < -0.4 is 10.6 Å². The monoisotopic (exact) mass is 208 g/mol. The Morgan fingerprint density at radius 3 is 2.60 bits per heavy atom. The molecule has 0 aliphatic carbocycles. The van der Waals surface area contributed by atoms with E-state index >= 15 is 0 Å². The normalized spacial score (nSPS) is 11.5. The molecule has 2 N–H and O–H groups in total. The molecule has 0 amide bonds. The molecule has 1 aromatic rings. The molecule has 0 saturated heterocycles. The summed E-state index contributed by atoms with van der Waals surface area (Å²) in [6.45, 7) is 7.95. The molecule has 0 radical (unpaired) electrons. The summed E-state index contributed by atoms with van der Waals surface area (Å²) in [7, 11) is 2.00. The largest absolute Gasteiger partial charge is 0.343 e. The van der Waals surface area contributed by atoms with Crippen LogP contribution in [0.15, 0.2) is 12.3 Å². The van der Waals surface area contributed by atoms with Gasteiger partial charge in [0.2, 0.25) is 5.95 Å². The quantitative estimate of drug-likeness (QED) is 0.816. The Morgan fingerprint density at radius 1 is 1.40 bits per heavy atom. The van der Waals surface area contributed by atoms with Crippen molar-refractivity contribution in [3.8, 4) is 0 Å². The van der Waals surface area contributed by atoms with Gasteiger partial charge < -0.3 is 10.6 Å². The maximum atomic E-state index is 5.54. The summed E-state index contributed by atoms with van der Waals surface area (Å²) in [5.74, 6) is 0.743. The summed E-state index contributed by atoms with van der Waals surface area (Å²) in [5, 5.41) is 0. The predicted octanol–water partition coefficient (Wildman–Crippen LogP) is 1.42. The fourth-order valence-corrected chi connectivity index (χ4v) is 1.46. The van der Waals surface area contributed by atoms with E-state index in [2.05, 4.69) is 35.6 Å². The Morgan fingerprint density at radius 2 is 2.07 bits per heavy atom. The first-order valence-electron chi connectivity index (χ1n) is 5.15. The maximum Gasteiger partial charge on any atom is 0.225 e. The van der Waals surface area contributed by atoms with Crippen molar-refractivity contribution in [1.29, 1.82) is 0 Å². The third-order valence-corrected chi connectivity index (χ3v) is 1.96. The zero-order valence-corrected chi connectivity index (χ0v) is 9.99. The highest BCUT2D eigenvalue weighted by Gasteiger charge is 2.15. The van der Waals surface area contributed by atoms with Crippen molar-refractivity contribution in [2.75, 3.05) is 18.5 Å². The summed E-state index contributed by atoms with van der Waals surface area (Å²) in [6, 6.07) is 1.84. The number of hydrogen-bond donors (Lipinski definition) is 1. The van der Waals surface area contributed by atoms with E-state index in [0.717, 1.165) is 18.2 Å². The van der Waals surface area contributed by atoms with E-state index in [1.165, 1.54) is 0 Å². The van der Waals surface area contributed by atoms with Gasteiger partial charge >= 0.3 is 0 Å². The number of rotatable bonds is 3. The maximum absolute atomic E-state index is 5.54. The molecule has 0 saturated carbocycles. The highest BCUT2D eigenvalue weighted by atomic mass is 15.2. The van der Waals surface area contributed by atoms with Crippen molar-refractivity contribution in [1.82, 2.24) is 9.97 Å². The lowest BCUT2D eigenvalue weighted by atomic mass is 9.96. The Balaban J connectivity index is 2.77. The molecule has 0 atom stereocenters. The minimum absolute atomic E-state index is 0.233. The second kappa shape index (κ2) is 4.57. The average molecular weight is 208 g/mol. The first-order valence-corrected chi connectivity index (χ1v) is 5.15. The van der Waals surface area contributed by atoms with Crippen molar-refractivity contribution in [3.63, 3.8) is 0 Å². The van der Waals surface area contributed by atoms with Gasteiger partial charge in [0.25, 0.3) is 0 Å². The molecular weight excluding hydrogens is 188 g/mol. The van der Waals surface area contributed by atoms with Gasteiger partial charge in [-0.25, -0.2) is 9.97 Å². The molecule has 0 unspecified atom stereocenters. The number of nitrogens with two attached hydrogens (primary N) is 1. The van der Waals surface area contributed by atoms with E-state index in [1.54, 1.807) is 6.20 Å². The zero-order valence-electron chi connectivity index (χ0n) is 9.99. The molecule has 1 rings (SSSR count). The van der Waals surface area contributed by atoms with Crippen LogP contribution in [0.5, 0.6) is 0 Å². The minimum Gasteiger partial charge on any atom is -0.343 e. The number of nitrogens with zero attached hydrogens (tertiary/aromatic N) is 3. The molecule has 15 heavy (non-hydrogen) atoms. The highest BCUT2D eigenvalue weighted by Crippen LogP contribution is 2.17. The summed E-state index contributed by atoms with van der Waals surface area (Å²) in [6.07, 6.45) is 1.75. The second-order valence-electron chi connectivity index (χ2n) is 4.97. The van der Waals surface area contributed by atoms with Crippen molar-refractivity contribution in [2.24, 2.45) is 11.1 Å². The van der Waals surface area contributed by atoms with Gasteiger partial charge in [0.15, 0.2) is 0 Å². The van der Waals surface area contributed by atoms with Crippen LogP contribution in [-0.4, -0.2) is 23.6 Å². The summed E-state index contributed by atoms with van der Waals surface area (Å²) in [5.41, 5.74) is 6.65. The number of aromatic nitrogens is 2. The van der Waals surface area contributed by atoms with E-state index in [-0.39, 0.29) is 5.41 Å². The van der Waals surface area contributed by atoms with Crippen LogP contribution in [-0.2, 0) is 6.54 Å². The van der Waals surface area contributed by atoms with Gasteiger partial charge in [-0.3, -0.25) is 0 Å². The summed E-state index contributed by atoms with van der Waals surface area (Å²) < 4.78 is 0. The van der Waals surface area contributed by atoms with Crippen molar-refractivity contribution < 1.29 is 0 Å². The summed E-state index contributed by atoms with van der Waals surface area (Å²) >= 11 is 0. The Bertz CT molecular complexity index is 317. The predicted molar refractivity (Wildman–Crippen MR) is 62.6 cm³/mol. The molecule has 0 aliphatic heterocycles. The molecule has 84 valence electrons. The van der Waals surface area contributed by atoms with Crippen LogP contribution in [0.3, 0.4) is 0 Å². The van der Waals surface area contributed by atoms with Crippen molar-refractivity contribution >= 4 is 5.95 Å². The molecule has 4 nitrogen and oxygen atoms in total. The average Bonchev–Trinajstić information content (AvgIpc) is 2.15. The zero-order chi connectivity index (χ0) is 11.5. The smallest absolute Gasteiger partial charge is 0.225 e. The third-order valence-electron chi connectivity index (χ3n) is 1.96. The van der Waals surface area contributed by atoms with E-state index < -0.39 is 0 Å². The summed E-state index contributed by atoms with van der Waals surface area (Å²) in [4.78, 5) is 10.7. The first-order chi connectivity index (χ1) is 6.92. The molecular formula is C11H20N4. The van der Waals surface area contributed by atoms with Crippen molar-refractivity contribution in [3.05, 3.63) is 18.0 Å². The standard InChI is InChI=1S/C11H20N4/c1-11(2,3)8-15(4)10-13-6-5-9(7-12)14-10/h5-6H,7-8,12H2,1-4H3. The topological polar surface area (TPSA) is 55.0 Å². The SMILES string of the molecule is CN(CC(C)(C)C)c1nccc(CN)n1. The number of hydrogen-bond acceptors (Lipinski definition) is 4. The van der Waals surface area contributed by atoms with Crippen LogP contribution in [0.1, 0.15) is 26.5 Å². The van der Waals surface area contributed by atoms with Gasteiger partial charge in [-0.15, -0.1) is 0 Å². The van der Waals surface area contributed by atoms with Gasteiger partial charge in [0, 0.05) is 26.3 Å².